The maximum absolute atomic E-state index is 13.6. The third-order valence-corrected chi connectivity index (χ3v) is 6.69. The summed E-state index contributed by atoms with van der Waals surface area (Å²) >= 11 is 0. The van der Waals surface area contributed by atoms with E-state index in [9.17, 15) is 9.59 Å². The number of hydrogen-bond donors (Lipinski definition) is 0. The predicted molar refractivity (Wildman–Crippen MR) is 136 cm³/mol. The van der Waals surface area contributed by atoms with E-state index in [0.717, 1.165) is 28.1 Å². The Hall–Kier alpha value is -3.64. The summed E-state index contributed by atoms with van der Waals surface area (Å²) in [4.78, 5) is 26.5. The summed E-state index contributed by atoms with van der Waals surface area (Å²) in [6.07, 6.45) is 3.63. The second-order valence-corrected chi connectivity index (χ2v) is 9.68. The van der Waals surface area contributed by atoms with Crippen LogP contribution < -0.4 is 11.2 Å². The molecular formula is C28H29N3O3. The number of ether oxygens (including phenoxy) is 1. The quantitative estimate of drug-likeness (QED) is 0.456. The number of aryl methyl sites for hydroxylation is 2. The van der Waals surface area contributed by atoms with Gasteiger partial charge in [-0.05, 0) is 38.0 Å². The summed E-state index contributed by atoms with van der Waals surface area (Å²) < 4.78 is 11.3. The minimum Gasteiger partial charge on any atom is -0.365 e. The molecule has 0 fully saturated rings. The first-order valence-corrected chi connectivity index (χ1v) is 11.5. The first-order chi connectivity index (χ1) is 16.2. The molecule has 0 amide bonds. The zero-order valence-corrected chi connectivity index (χ0v) is 20.2. The van der Waals surface area contributed by atoms with Crippen molar-refractivity contribution in [3.63, 3.8) is 0 Å². The minimum absolute atomic E-state index is 0.294. The van der Waals surface area contributed by atoms with Crippen LogP contribution in [0.4, 0.5) is 0 Å². The van der Waals surface area contributed by atoms with E-state index in [1.54, 1.807) is 11.6 Å². The zero-order valence-electron chi connectivity index (χ0n) is 20.2. The number of nitrogens with zero attached hydrogens (tertiary/aromatic N) is 3. The van der Waals surface area contributed by atoms with Crippen molar-refractivity contribution in [2.45, 2.75) is 32.4 Å². The van der Waals surface area contributed by atoms with E-state index in [2.05, 4.69) is 18.4 Å². The van der Waals surface area contributed by atoms with Crippen molar-refractivity contribution < 1.29 is 4.74 Å². The van der Waals surface area contributed by atoms with E-state index in [-0.39, 0.29) is 11.2 Å². The van der Waals surface area contributed by atoms with E-state index in [4.69, 9.17) is 4.74 Å². The summed E-state index contributed by atoms with van der Waals surface area (Å²) in [5.74, 6) is 0. The lowest BCUT2D eigenvalue weighted by atomic mass is 10.0. The molecule has 0 saturated carbocycles. The molecule has 6 nitrogen and oxygen atoms in total. The third-order valence-electron chi connectivity index (χ3n) is 6.69. The van der Waals surface area contributed by atoms with Gasteiger partial charge in [0, 0.05) is 14.1 Å². The largest absolute Gasteiger partial charge is 0.365 e. The first kappa shape index (κ1) is 22.2. The van der Waals surface area contributed by atoms with Crippen LogP contribution in [-0.2, 0) is 24.4 Å². The number of rotatable bonds is 3. The molecule has 0 aliphatic carbocycles. The molecule has 1 aliphatic rings. The molecule has 0 N–H and O–H groups in total. The monoisotopic (exact) mass is 455 g/mol. The van der Waals surface area contributed by atoms with Gasteiger partial charge in [0.2, 0.25) is 0 Å². The van der Waals surface area contributed by atoms with E-state index < -0.39 is 11.6 Å². The van der Waals surface area contributed by atoms with Crippen molar-refractivity contribution in [1.29, 1.82) is 0 Å². The number of fused-ring (bicyclic) bond motifs is 3. The fourth-order valence-electron chi connectivity index (χ4n) is 4.92. The van der Waals surface area contributed by atoms with Gasteiger partial charge in [-0.3, -0.25) is 13.9 Å². The van der Waals surface area contributed by atoms with Gasteiger partial charge in [-0.25, -0.2) is 4.79 Å². The molecule has 5 rings (SSSR count). The standard InChI is InChI=1S/C28H29N3O3/c1-18-11-14-20(15-12-18)23-22-25(29(4)27(33)30(5)26(22)32)24-21(34-17-28(2,3)31(23)24)16-13-19-9-7-6-8-10-19/h6-16,21H,17H2,1-5H3. The highest BCUT2D eigenvalue weighted by molar-refractivity contribution is 5.96. The van der Waals surface area contributed by atoms with Crippen LogP contribution >= 0.6 is 0 Å². The van der Waals surface area contributed by atoms with E-state index in [1.165, 1.54) is 11.6 Å². The molecule has 2 aromatic heterocycles. The highest BCUT2D eigenvalue weighted by Crippen LogP contribution is 2.43. The molecule has 6 heteroatoms. The molecule has 4 aromatic rings. The molecule has 1 atom stereocenters. The van der Waals surface area contributed by atoms with E-state index in [1.807, 2.05) is 73.7 Å². The molecule has 1 unspecified atom stereocenters. The fourth-order valence-corrected chi connectivity index (χ4v) is 4.92. The van der Waals surface area contributed by atoms with Gasteiger partial charge in [0.25, 0.3) is 5.56 Å². The smallest absolute Gasteiger partial charge is 0.331 e. The summed E-state index contributed by atoms with van der Waals surface area (Å²) in [5, 5.41) is 0.542. The molecule has 2 aromatic carbocycles. The van der Waals surface area contributed by atoms with Crippen LogP contribution in [-0.4, -0.2) is 20.3 Å². The Balaban J connectivity index is 1.90. The summed E-state index contributed by atoms with van der Waals surface area (Å²) in [7, 11) is 3.26. The predicted octanol–water partition coefficient (Wildman–Crippen LogP) is 4.53. The maximum atomic E-state index is 13.6. The van der Waals surface area contributed by atoms with Crippen molar-refractivity contribution in [2.24, 2.45) is 14.1 Å². The number of aromatic nitrogens is 3. The van der Waals surface area contributed by atoms with Crippen LogP contribution in [0.15, 0.2) is 70.3 Å². The molecule has 174 valence electrons. The lowest BCUT2D eigenvalue weighted by Gasteiger charge is -2.38. The second-order valence-electron chi connectivity index (χ2n) is 9.68. The van der Waals surface area contributed by atoms with E-state index >= 15 is 0 Å². The third kappa shape index (κ3) is 3.37. The molecule has 0 bridgehead atoms. The van der Waals surface area contributed by atoms with E-state index in [0.29, 0.717) is 17.5 Å². The molecule has 1 aliphatic heterocycles. The Morgan fingerprint density at radius 1 is 0.971 bits per heavy atom. The zero-order chi connectivity index (χ0) is 24.2. The van der Waals surface area contributed by atoms with Gasteiger partial charge in [0.1, 0.15) is 6.10 Å². The lowest BCUT2D eigenvalue weighted by molar-refractivity contribution is -0.00302. The Morgan fingerprint density at radius 3 is 2.32 bits per heavy atom. The fraction of sp³-hybridized carbons (Fsp3) is 0.286. The van der Waals surface area contributed by atoms with Gasteiger partial charge in [-0.1, -0.05) is 66.2 Å². The number of hydrogen-bond acceptors (Lipinski definition) is 3. The Morgan fingerprint density at radius 2 is 1.65 bits per heavy atom. The van der Waals surface area contributed by atoms with Crippen LogP contribution in [0, 0.1) is 6.92 Å². The second kappa shape index (κ2) is 7.99. The molecule has 34 heavy (non-hydrogen) atoms. The Bertz CT molecular complexity index is 1530. The number of benzene rings is 2. The van der Waals surface area contributed by atoms with Gasteiger partial charge >= 0.3 is 5.69 Å². The average Bonchev–Trinajstić information content (AvgIpc) is 3.20. The minimum atomic E-state index is -0.424. The maximum Gasteiger partial charge on any atom is 0.331 e. The molecular weight excluding hydrogens is 426 g/mol. The van der Waals surface area contributed by atoms with Crippen LogP contribution in [0.5, 0.6) is 0 Å². The first-order valence-electron chi connectivity index (χ1n) is 11.5. The van der Waals surface area contributed by atoms with Crippen LogP contribution in [0.1, 0.15) is 36.8 Å². The summed E-state index contributed by atoms with van der Waals surface area (Å²) in [5.41, 5.74) is 4.35. The van der Waals surface area contributed by atoms with Gasteiger partial charge in [0.15, 0.2) is 0 Å². The molecule has 0 radical (unpaired) electrons. The summed E-state index contributed by atoms with van der Waals surface area (Å²) in [6.45, 7) is 6.72. The average molecular weight is 456 g/mol. The van der Waals surface area contributed by atoms with Gasteiger partial charge < -0.3 is 9.30 Å². The highest BCUT2D eigenvalue weighted by atomic mass is 16.5. The van der Waals surface area contributed by atoms with Crippen molar-refractivity contribution in [3.05, 3.63) is 98.3 Å². The van der Waals surface area contributed by atoms with Crippen LogP contribution in [0.3, 0.4) is 0 Å². The van der Waals surface area contributed by atoms with Crippen LogP contribution in [0.2, 0.25) is 0 Å². The van der Waals surface area contributed by atoms with Crippen molar-refractivity contribution >= 4 is 17.0 Å². The van der Waals surface area contributed by atoms with Gasteiger partial charge in [-0.15, -0.1) is 0 Å². The SMILES string of the molecule is Cc1ccc(-c2c3c(=O)n(C)c(=O)n(C)c3c3n2C(C)(C)COC3C=Cc2ccccc2)cc1. The Labute approximate surface area is 198 Å². The lowest BCUT2D eigenvalue weighted by Crippen LogP contribution is -2.39. The van der Waals surface area contributed by atoms with Crippen molar-refractivity contribution in [3.8, 4) is 11.3 Å². The highest BCUT2D eigenvalue weighted by Gasteiger charge is 2.39. The topological polar surface area (TPSA) is 58.2 Å². The molecule has 3 heterocycles. The molecule has 0 spiro atoms. The van der Waals surface area contributed by atoms with Gasteiger partial charge in [-0.2, -0.15) is 0 Å². The Kier molecular flexibility index (Phi) is 5.21. The van der Waals surface area contributed by atoms with Crippen LogP contribution in [0.25, 0.3) is 28.2 Å². The van der Waals surface area contributed by atoms with Crippen molar-refractivity contribution in [1.82, 2.24) is 13.7 Å². The molecule has 0 saturated heterocycles. The van der Waals surface area contributed by atoms with Crippen molar-refractivity contribution in [2.75, 3.05) is 6.61 Å². The summed E-state index contributed by atoms with van der Waals surface area (Å²) in [6, 6.07) is 18.2. The normalized spacial score (nSPS) is 17.4. The van der Waals surface area contributed by atoms with Gasteiger partial charge in [0.05, 0.1) is 34.4 Å².